The third kappa shape index (κ3) is 2.69. The summed E-state index contributed by atoms with van der Waals surface area (Å²) >= 11 is 0. The van der Waals surface area contributed by atoms with Gasteiger partial charge in [-0.1, -0.05) is 30.3 Å². The SMILES string of the molecule is CN1C(=O)N(C)c2c(N=Nc3ccccc3)c1nn2C(=O)c1ccccc1O. The normalized spacial score (nSPS) is 13.4. The summed E-state index contributed by atoms with van der Waals surface area (Å²) in [5.74, 6) is -0.359. The molecule has 1 aromatic heterocycles. The van der Waals surface area contributed by atoms with Crippen LogP contribution in [0.2, 0.25) is 0 Å². The van der Waals surface area contributed by atoms with Gasteiger partial charge in [-0.3, -0.25) is 14.6 Å². The van der Waals surface area contributed by atoms with Crippen molar-refractivity contribution in [3.63, 3.8) is 0 Å². The van der Waals surface area contributed by atoms with E-state index in [0.717, 1.165) is 4.68 Å². The number of fused-ring (bicyclic) bond motifs is 2. The van der Waals surface area contributed by atoms with Gasteiger partial charge in [-0.25, -0.2) is 4.79 Å². The molecule has 2 bridgehead atoms. The summed E-state index contributed by atoms with van der Waals surface area (Å²) in [4.78, 5) is 28.0. The lowest BCUT2D eigenvalue weighted by atomic mass is 10.2. The number of hydrogen-bond acceptors (Lipinski definition) is 6. The molecule has 140 valence electrons. The number of urea groups is 1. The highest BCUT2D eigenvalue weighted by Gasteiger charge is 2.38. The summed E-state index contributed by atoms with van der Waals surface area (Å²) < 4.78 is 1.06. The molecule has 0 saturated heterocycles. The van der Waals surface area contributed by atoms with Crippen molar-refractivity contribution in [2.75, 3.05) is 23.9 Å². The Hall–Kier alpha value is -4.01. The van der Waals surface area contributed by atoms with Crippen molar-refractivity contribution in [2.45, 2.75) is 0 Å². The van der Waals surface area contributed by atoms with Gasteiger partial charge < -0.3 is 5.11 Å². The van der Waals surface area contributed by atoms with E-state index in [1.54, 1.807) is 31.3 Å². The quantitative estimate of drug-likeness (QED) is 0.704. The number of phenols is 1. The molecular weight excluding hydrogens is 360 g/mol. The predicted molar refractivity (Wildman–Crippen MR) is 103 cm³/mol. The Kier molecular flexibility index (Phi) is 4.11. The standard InChI is InChI=1S/C19H16N6O3/c1-23-16-15(21-20-12-8-4-3-5-9-12)17(24(2)19(23)28)25(22-16)18(27)13-10-6-7-11-14(13)26/h3-11,26H,1-2H3. The van der Waals surface area contributed by atoms with Crippen molar-refractivity contribution in [3.05, 3.63) is 60.2 Å². The molecule has 0 saturated carbocycles. The van der Waals surface area contributed by atoms with Gasteiger partial charge >= 0.3 is 6.03 Å². The maximum absolute atomic E-state index is 13.0. The lowest BCUT2D eigenvalue weighted by Crippen LogP contribution is -2.41. The van der Waals surface area contributed by atoms with E-state index in [-0.39, 0.29) is 34.7 Å². The molecule has 0 aliphatic carbocycles. The Bertz CT molecular complexity index is 1110. The highest BCUT2D eigenvalue weighted by molar-refractivity contribution is 6.13. The Morgan fingerprint density at radius 3 is 2.36 bits per heavy atom. The number of carbonyl (C=O) groups is 2. The number of nitrogens with zero attached hydrogens (tertiary/aromatic N) is 6. The zero-order valence-corrected chi connectivity index (χ0v) is 15.1. The number of aromatic nitrogens is 2. The van der Waals surface area contributed by atoms with Crippen molar-refractivity contribution in [3.8, 4) is 5.75 Å². The van der Waals surface area contributed by atoms with E-state index >= 15 is 0 Å². The Morgan fingerprint density at radius 1 is 0.964 bits per heavy atom. The average molecular weight is 376 g/mol. The molecule has 0 fully saturated rings. The molecule has 2 heterocycles. The van der Waals surface area contributed by atoms with Crippen LogP contribution in [0.5, 0.6) is 5.75 Å². The summed E-state index contributed by atoms with van der Waals surface area (Å²) in [6.45, 7) is 0. The minimum atomic E-state index is -0.578. The summed E-state index contributed by atoms with van der Waals surface area (Å²) in [5.41, 5.74) is 0.975. The van der Waals surface area contributed by atoms with E-state index in [1.807, 2.05) is 18.2 Å². The third-order valence-corrected chi connectivity index (χ3v) is 4.38. The van der Waals surface area contributed by atoms with Gasteiger partial charge in [0.15, 0.2) is 17.3 Å². The lowest BCUT2D eigenvalue weighted by Gasteiger charge is -2.26. The molecule has 1 aliphatic rings. The number of anilines is 2. The first-order valence-electron chi connectivity index (χ1n) is 8.43. The Balaban J connectivity index is 1.85. The molecule has 28 heavy (non-hydrogen) atoms. The summed E-state index contributed by atoms with van der Waals surface area (Å²) in [5, 5.41) is 22.7. The van der Waals surface area contributed by atoms with Crippen molar-refractivity contribution >= 4 is 34.9 Å². The van der Waals surface area contributed by atoms with Crippen LogP contribution in [0.1, 0.15) is 10.4 Å². The maximum Gasteiger partial charge on any atom is 0.330 e. The topological polar surface area (TPSA) is 103 Å². The van der Waals surface area contributed by atoms with Crippen LogP contribution >= 0.6 is 0 Å². The number of phenolic OH excluding ortho intramolecular Hbond substituents is 1. The molecule has 0 spiro atoms. The second-order valence-electron chi connectivity index (χ2n) is 6.17. The Labute approximate surface area is 160 Å². The van der Waals surface area contributed by atoms with Crippen LogP contribution in [0, 0.1) is 0 Å². The fourth-order valence-corrected chi connectivity index (χ4v) is 2.92. The fraction of sp³-hybridized carbons (Fsp3) is 0.105. The molecule has 0 atom stereocenters. The van der Waals surface area contributed by atoms with Gasteiger partial charge in [-0.15, -0.1) is 10.2 Å². The van der Waals surface area contributed by atoms with E-state index in [0.29, 0.717) is 5.69 Å². The summed E-state index contributed by atoms with van der Waals surface area (Å²) in [7, 11) is 3.06. The number of carbonyl (C=O) groups excluding carboxylic acids is 2. The predicted octanol–water partition coefficient (Wildman–Crippen LogP) is 3.70. The molecule has 1 aliphatic heterocycles. The van der Waals surface area contributed by atoms with Crippen molar-refractivity contribution in [1.29, 1.82) is 0 Å². The average Bonchev–Trinajstić information content (AvgIpc) is 3.06. The Morgan fingerprint density at radius 2 is 1.64 bits per heavy atom. The van der Waals surface area contributed by atoms with Crippen LogP contribution in [-0.4, -0.2) is 40.9 Å². The third-order valence-electron chi connectivity index (χ3n) is 4.38. The van der Waals surface area contributed by atoms with E-state index in [4.69, 9.17) is 0 Å². The van der Waals surface area contributed by atoms with Crippen LogP contribution in [0.25, 0.3) is 0 Å². The van der Waals surface area contributed by atoms with Gasteiger partial charge in [0, 0.05) is 14.1 Å². The first-order valence-corrected chi connectivity index (χ1v) is 8.43. The van der Waals surface area contributed by atoms with Crippen molar-refractivity contribution in [1.82, 2.24) is 9.78 Å². The number of benzene rings is 2. The molecule has 0 radical (unpaired) electrons. The van der Waals surface area contributed by atoms with E-state index < -0.39 is 5.91 Å². The monoisotopic (exact) mass is 376 g/mol. The minimum Gasteiger partial charge on any atom is -0.507 e. The summed E-state index contributed by atoms with van der Waals surface area (Å²) in [6, 6.07) is 14.9. The zero-order chi connectivity index (χ0) is 19.8. The van der Waals surface area contributed by atoms with Gasteiger partial charge in [0.05, 0.1) is 11.3 Å². The molecule has 4 rings (SSSR count). The van der Waals surface area contributed by atoms with E-state index in [1.165, 1.54) is 29.0 Å². The van der Waals surface area contributed by atoms with Gasteiger partial charge in [0.25, 0.3) is 5.91 Å². The van der Waals surface area contributed by atoms with Gasteiger partial charge in [-0.05, 0) is 24.3 Å². The van der Waals surface area contributed by atoms with Crippen molar-refractivity contribution < 1.29 is 14.7 Å². The zero-order valence-electron chi connectivity index (χ0n) is 15.1. The largest absolute Gasteiger partial charge is 0.507 e. The van der Waals surface area contributed by atoms with Crippen LogP contribution in [0.4, 0.5) is 27.8 Å². The molecule has 9 nitrogen and oxygen atoms in total. The van der Waals surface area contributed by atoms with Crippen LogP contribution in [0.3, 0.4) is 0 Å². The molecule has 2 amide bonds. The number of amides is 2. The first-order chi connectivity index (χ1) is 13.5. The number of rotatable bonds is 3. The van der Waals surface area contributed by atoms with E-state index in [2.05, 4.69) is 15.3 Å². The lowest BCUT2D eigenvalue weighted by molar-refractivity contribution is 0.0945. The van der Waals surface area contributed by atoms with E-state index in [9.17, 15) is 14.7 Å². The number of para-hydroxylation sites is 1. The maximum atomic E-state index is 13.0. The highest BCUT2D eigenvalue weighted by Crippen LogP contribution is 2.43. The fourth-order valence-electron chi connectivity index (χ4n) is 2.92. The van der Waals surface area contributed by atoms with Crippen molar-refractivity contribution in [2.24, 2.45) is 10.2 Å². The van der Waals surface area contributed by atoms with Crippen LogP contribution in [0.15, 0.2) is 64.8 Å². The highest BCUT2D eigenvalue weighted by atomic mass is 16.3. The molecule has 0 unspecified atom stereocenters. The molecular formula is C19H16N6O3. The minimum absolute atomic E-state index is 0.0646. The van der Waals surface area contributed by atoms with Crippen LogP contribution < -0.4 is 9.80 Å². The second-order valence-corrected chi connectivity index (χ2v) is 6.17. The van der Waals surface area contributed by atoms with Gasteiger partial charge in [0.1, 0.15) is 5.75 Å². The number of hydrogen-bond donors (Lipinski definition) is 1. The smallest absolute Gasteiger partial charge is 0.330 e. The van der Waals surface area contributed by atoms with Gasteiger partial charge in [0.2, 0.25) is 0 Å². The number of aromatic hydroxyl groups is 1. The molecule has 9 heteroatoms. The molecule has 2 aromatic carbocycles. The molecule has 1 N–H and O–H groups in total. The number of azo groups is 1. The first kappa shape index (κ1) is 17.4. The summed E-state index contributed by atoms with van der Waals surface area (Å²) in [6.07, 6.45) is 0. The van der Waals surface area contributed by atoms with Gasteiger partial charge in [-0.2, -0.15) is 9.80 Å². The second kappa shape index (κ2) is 6.62. The molecule has 3 aromatic rings. The van der Waals surface area contributed by atoms with Crippen LogP contribution in [-0.2, 0) is 0 Å².